The van der Waals surface area contributed by atoms with Crippen molar-refractivity contribution in [3.8, 4) is 0 Å². The summed E-state index contributed by atoms with van der Waals surface area (Å²) < 4.78 is 5.34. The molecule has 9 heteroatoms. The van der Waals surface area contributed by atoms with Gasteiger partial charge < -0.3 is 19.9 Å². The summed E-state index contributed by atoms with van der Waals surface area (Å²) in [5.74, 6) is 0.150. The third kappa shape index (κ3) is 3.63. The Morgan fingerprint density at radius 3 is 2.85 bits per heavy atom. The smallest absolute Gasteiger partial charge is 0.274 e. The highest BCUT2D eigenvalue weighted by atomic mass is 16.5. The van der Waals surface area contributed by atoms with E-state index in [-0.39, 0.29) is 17.2 Å². The lowest BCUT2D eigenvalue weighted by Crippen LogP contribution is -2.37. The summed E-state index contributed by atoms with van der Waals surface area (Å²) in [6, 6.07) is 6.61. The number of fused-ring (bicyclic) bond motifs is 1. The predicted octanol–water partition coefficient (Wildman–Crippen LogP) is 1.11. The van der Waals surface area contributed by atoms with Crippen LogP contribution < -0.4 is 15.8 Å². The van der Waals surface area contributed by atoms with Gasteiger partial charge >= 0.3 is 0 Å². The van der Waals surface area contributed by atoms with Crippen LogP contribution in [0.4, 0.5) is 11.6 Å². The minimum Gasteiger partial charge on any atom is -0.378 e. The van der Waals surface area contributed by atoms with E-state index in [1.807, 2.05) is 11.8 Å². The third-order valence-electron chi connectivity index (χ3n) is 4.27. The zero-order valence-corrected chi connectivity index (χ0v) is 14.7. The lowest BCUT2D eigenvalue weighted by molar-refractivity contribution is 0.102. The number of amides is 1. The molecule has 0 radical (unpaired) electrons. The fourth-order valence-corrected chi connectivity index (χ4v) is 2.92. The Bertz CT molecular complexity index is 1060. The number of carbonyl (C=O) groups excluding carboxylic acids is 1. The quantitative estimate of drug-likeness (QED) is 0.714. The van der Waals surface area contributed by atoms with Crippen LogP contribution in [-0.2, 0) is 4.74 Å². The number of morpholine rings is 1. The highest BCUT2D eigenvalue weighted by Crippen LogP contribution is 2.16. The molecule has 2 aromatic heterocycles. The van der Waals surface area contributed by atoms with Gasteiger partial charge in [-0.25, -0.2) is 15.0 Å². The van der Waals surface area contributed by atoms with Crippen LogP contribution in [0.2, 0.25) is 0 Å². The summed E-state index contributed by atoms with van der Waals surface area (Å²) in [7, 11) is 0. The van der Waals surface area contributed by atoms with E-state index in [0.29, 0.717) is 54.5 Å². The Morgan fingerprint density at radius 1 is 1.22 bits per heavy atom. The predicted molar refractivity (Wildman–Crippen MR) is 100 cm³/mol. The third-order valence-corrected chi connectivity index (χ3v) is 4.27. The van der Waals surface area contributed by atoms with Crippen molar-refractivity contribution < 1.29 is 9.53 Å². The first-order chi connectivity index (χ1) is 13.1. The van der Waals surface area contributed by atoms with Gasteiger partial charge in [-0.2, -0.15) is 0 Å². The molecule has 1 aliphatic heterocycles. The van der Waals surface area contributed by atoms with Crippen molar-refractivity contribution in [2.75, 3.05) is 36.5 Å². The maximum atomic E-state index is 12.7. The minimum absolute atomic E-state index is 0.261. The summed E-state index contributed by atoms with van der Waals surface area (Å²) in [4.78, 5) is 42.0. The van der Waals surface area contributed by atoms with Crippen LogP contribution in [0.5, 0.6) is 0 Å². The van der Waals surface area contributed by atoms with Gasteiger partial charge in [0.2, 0.25) is 5.95 Å². The van der Waals surface area contributed by atoms with E-state index in [1.165, 1.54) is 6.33 Å². The van der Waals surface area contributed by atoms with Gasteiger partial charge in [-0.3, -0.25) is 9.59 Å². The summed E-state index contributed by atoms with van der Waals surface area (Å²) >= 11 is 0. The fourth-order valence-electron chi connectivity index (χ4n) is 2.92. The normalized spacial score (nSPS) is 14.3. The number of hydrogen-bond acceptors (Lipinski definition) is 7. The summed E-state index contributed by atoms with van der Waals surface area (Å²) in [5, 5.41) is 3.19. The summed E-state index contributed by atoms with van der Waals surface area (Å²) in [6.45, 7) is 4.41. The van der Waals surface area contributed by atoms with Crippen LogP contribution in [0.1, 0.15) is 16.2 Å². The maximum Gasteiger partial charge on any atom is 0.274 e. The molecule has 3 aromatic rings. The van der Waals surface area contributed by atoms with Crippen molar-refractivity contribution in [2.45, 2.75) is 6.92 Å². The lowest BCUT2D eigenvalue weighted by atomic mass is 10.2. The average molecular weight is 366 g/mol. The van der Waals surface area contributed by atoms with Crippen LogP contribution in [0.3, 0.4) is 0 Å². The highest BCUT2D eigenvalue weighted by molar-refractivity contribution is 6.04. The molecule has 9 nitrogen and oxygen atoms in total. The Kier molecular flexibility index (Phi) is 4.51. The number of aryl methyl sites for hydroxylation is 1. The molecule has 1 fully saturated rings. The first kappa shape index (κ1) is 17.1. The van der Waals surface area contributed by atoms with Crippen molar-refractivity contribution in [3.63, 3.8) is 0 Å². The standard InChI is InChI=1S/C18H18N6O3/c1-11-8-15(23-18(21-11)24-4-6-27-7-5-24)17(26)22-12-2-3-14-13(9-12)16(25)20-10-19-14/h2-3,8-10H,4-7H2,1H3,(H,22,26)(H,19,20,25). The average Bonchev–Trinajstić information content (AvgIpc) is 2.69. The number of hydrogen-bond donors (Lipinski definition) is 2. The zero-order valence-electron chi connectivity index (χ0n) is 14.7. The van der Waals surface area contributed by atoms with Crippen LogP contribution in [-0.4, -0.2) is 52.1 Å². The molecule has 0 bridgehead atoms. The first-order valence-electron chi connectivity index (χ1n) is 8.57. The number of nitrogens with zero attached hydrogens (tertiary/aromatic N) is 4. The van der Waals surface area contributed by atoms with Crippen LogP contribution in [0.25, 0.3) is 10.9 Å². The van der Waals surface area contributed by atoms with Crippen LogP contribution in [0, 0.1) is 6.92 Å². The van der Waals surface area contributed by atoms with Gasteiger partial charge in [0, 0.05) is 24.5 Å². The number of anilines is 2. The second-order valence-electron chi connectivity index (χ2n) is 6.21. The molecule has 1 aliphatic rings. The lowest BCUT2D eigenvalue weighted by Gasteiger charge is -2.27. The van der Waals surface area contributed by atoms with Crippen molar-refractivity contribution in [2.24, 2.45) is 0 Å². The number of aromatic nitrogens is 4. The molecular weight excluding hydrogens is 348 g/mol. The number of ether oxygens (including phenoxy) is 1. The Morgan fingerprint density at radius 2 is 2.04 bits per heavy atom. The molecule has 2 N–H and O–H groups in total. The van der Waals surface area contributed by atoms with Gasteiger partial charge in [0.05, 0.1) is 30.4 Å². The number of nitrogens with one attached hydrogen (secondary N) is 2. The second kappa shape index (κ2) is 7.12. The Labute approximate surface area is 154 Å². The van der Waals surface area contributed by atoms with E-state index < -0.39 is 0 Å². The minimum atomic E-state index is -0.366. The molecule has 1 saturated heterocycles. The van der Waals surface area contributed by atoms with Crippen molar-refractivity contribution in [3.05, 3.63) is 52.3 Å². The Balaban J connectivity index is 1.60. The number of carbonyl (C=O) groups is 1. The highest BCUT2D eigenvalue weighted by Gasteiger charge is 2.17. The molecule has 0 saturated carbocycles. The summed E-state index contributed by atoms with van der Waals surface area (Å²) in [5.41, 5.74) is 1.77. The van der Waals surface area contributed by atoms with E-state index in [9.17, 15) is 9.59 Å². The molecule has 0 aliphatic carbocycles. The van der Waals surface area contributed by atoms with Gasteiger partial charge in [0.1, 0.15) is 5.69 Å². The molecule has 0 atom stereocenters. The van der Waals surface area contributed by atoms with Gasteiger partial charge in [0.25, 0.3) is 11.5 Å². The molecule has 3 heterocycles. The van der Waals surface area contributed by atoms with Crippen molar-refractivity contribution in [1.82, 2.24) is 19.9 Å². The molecule has 138 valence electrons. The van der Waals surface area contributed by atoms with Gasteiger partial charge in [-0.1, -0.05) is 0 Å². The SMILES string of the molecule is Cc1cc(C(=O)Nc2ccc3nc[nH]c(=O)c3c2)nc(N2CCOCC2)n1. The number of rotatable bonds is 3. The van der Waals surface area contributed by atoms with Gasteiger partial charge in [0.15, 0.2) is 0 Å². The number of aromatic amines is 1. The van der Waals surface area contributed by atoms with Gasteiger partial charge in [-0.15, -0.1) is 0 Å². The second-order valence-corrected chi connectivity index (χ2v) is 6.21. The molecule has 1 aromatic carbocycles. The van der Waals surface area contributed by atoms with Crippen molar-refractivity contribution in [1.29, 1.82) is 0 Å². The first-order valence-corrected chi connectivity index (χ1v) is 8.57. The van der Waals surface area contributed by atoms with E-state index in [0.717, 1.165) is 0 Å². The fraction of sp³-hybridized carbons (Fsp3) is 0.278. The molecule has 4 rings (SSSR count). The summed E-state index contributed by atoms with van der Waals surface area (Å²) in [6.07, 6.45) is 1.35. The zero-order chi connectivity index (χ0) is 18.8. The van der Waals surface area contributed by atoms with Crippen LogP contribution >= 0.6 is 0 Å². The molecular formula is C18H18N6O3. The molecule has 1 amide bonds. The largest absolute Gasteiger partial charge is 0.378 e. The monoisotopic (exact) mass is 366 g/mol. The van der Waals surface area contributed by atoms with E-state index in [4.69, 9.17) is 4.74 Å². The molecule has 0 unspecified atom stereocenters. The number of benzene rings is 1. The topological polar surface area (TPSA) is 113 Å². The molecule has 0 spiro atoms. The van der Waals surface area contributed by atoms with Gasteiger partial charge in [-0.05, 0) is 31.2 Å². The Hall–Kier alpha value is -3.33. The molecule has 27 heavy (non-hydrogen) atoms. The van der Waals surface area contributed by atoms with E-state index in [2.05, 4.69) is 25.3 Å². The van der Waals surface area contributed by atoms with Crippen molar-refractivity contribution >= 4 is 28.4 Å². The van der Waals surface area contributed by atoms with E-state index >= 15 is 0 Å². The van der Waals surface area contributed by atoms with E-state index in [1.54, 1.807) is 24.3 Å². The maximum absolute atomic E-state index is 12.7. The van der Waals surface area contributed by atoms with Crippen LogP contribution in [0.15, 0.2) is 35.4 Å². The number of H-pyrrole nitrogens is 1.